The third-order valence-electron chi connectivity index (χ3n) is 3.23. The molecular formula is C16H14N4O3S. The molecule has 0 aliphatic heterocycles. The first kappa shape index (κ1) is 15.9. The Morgan fingerprint density at radius 1 is 1.08 bits per heavy atom. The van der Waals surface area contributed by atoms with E-state index in [9.17, 15) is 4.79 Å². The van der Waals surface area contributed by atoms with Crippen LogP contribution in [0.5, 0.6) is 11.5 Å². The fourth-order valence-corrected chi connectivity index (χ4v) is 2.78. The monoisotopic (exact) mass is 342 g/mol. The van der Waals surface area contributed by atoms with E-state index in [1.165, 1.54) is 18.4 Å². The first-order valence-electron chi connectivity index (χ1n) is 6.98. The van der Waals surface area contributed by atoms with E-state index in [0.717, 1.165) is 5.56 Å². The number of hydrogen-bond donors (Lipinski definition) is 1. The second-order valence-electron chi connectivity index (χ2n) is 4.67. The summed E-state index contributed by atoms with van der Waals surface area (Å²) in [5.41, 5.74) is 1.28. The van der Waals surface area contributed by atoms with Gasteiger partial charge in [-0.05, 0) is 24.3 Å². The Balaban J connectivity index is 1.79. The summed E-state index contributed by atoms with van der Waals surface area (Å²) in [6.45, 7) is 0. The molecule has 2 heterocycles. The molecule has 2 aromatic heterocycles. The fourth-order valence-electron chi connectivity index (χ4n) is 2.04. The number of methoxy groups -OCH3 is 2. The average Bonchev–Trinajstić information content (AvgIpc) is 3.10. The Morgan fingerprint density at radius 2 is 1.88 bits per heavy atom. The zero-order chi connectivity index (χ0) is 16.9. The number of amides is 1. The lowest BCUT2D eigenvalue weighted by atomic mass is 10.2. The molecule has 7 nitrogen and oxygen atoms in total. The van der Waals surface area contributed by atoms with E-state index in [4.69, 9.17) is 9.47 Å². The molecule has 0 spiro atoms. The van der Waals surface area contributed by atoms with Crippen LogP contribution < -0.4 is 14.8 Å². The zero-order valence-electron chi connectivity index (χ0n) is 13.0. The maximum absolute atomic E-state index is 12.4. The lowest BCUT2D eigenvalue weighted by Crippen LogP contribution is -2.13. The Morgan fingerprint density at radius 3 is 2.58 bits per heavy atom. The van der Waals surface area contributed by atoms with Crippen LogP contribution in [0.15, 0.2) is 42.7 Å². The van der Waals surface area contributed by atoms with E-state index in [-0.39, 0.29) is 5.91 Å². The molecule has 3 aromatic rings. The van der Waals surface area contributed by atoms with Gasteiger partial charge in [0, 0.05) is 24.0 Å². The standard InChI is InChI=1S/C16H14N4O3S/c1-22-11-3-4-12(13(9-11)23-2)14(21)18-16-20-19-15(24-16)10-5-7-17-8-6-10/h3-9H,1-2H3,(H,18,20,21). The summed E-state index contributed by atoms with van der Waals surface area (Å²) >= 11 is 1.28. The largest absolute Gasteiger partial charge is 0.497 e. The van der Waals surface area contributed by atoms with Crippen molar-refractivity contribution < 1.29 is 14.3 Å². The van der Waals surface area contributed by atoms with Crippen LogP contribution in [0.4, 0.5) is 5.13 Å². The van der Waals surface area contributed by atoms with Gasteiger partial charge in [-0.2, -0.15) is 0 Å². The SMILES string of the molecule is COc1ccc(C(=O)Nc2nnc(-c3ccncc3)s2)c(OC)c1. The third kappa shape index (κ3) is 3.33. The molecule has 3 rings (SSSR count). The van der Waals surface area contributed by atoms with Gasteiger partial charge in [-0.25, -0.2) is 0 Å². The predicted molar refractivity (Wildman–Crippen MR) is 90.6 cm³/mol. The number of ether oxygens (including phenoxy) is 2. The third-order valence-corrected chi connectivity index (χ3v) is 4.11. The average molecular weight is 342 g/mol. The van der Waals surface area contributed by atoms with Gasteiger partial charge in [-0.15, -0.1) is 10.2 Å². The molecule has 0 aliphatic carbocycles. The van der Waals surface area contributed by atoms with Crippen molar-refractivity contribution in [2.24, 2.45) is 0 Å². The Bertz CT molecular complexity index is 852. The number of nitrogens with zero attached hydrogens (tertiary/aromatic N) is 3. The van der Waals surface area contributed by atoms with E-state index < -0.39 is 0 Å². The van der Waals surface area contributed by atoms with Gasteiger partial charge in [0.2, 0.25) is 5.13 Å². The van der Waals surface area contributed by atoms with Crippen molar-refractivity contribution in [3.63, 3.8) is 0 Å². The Hall–Kier alpha value is -3.00. The van der Waals surface area contributed by atoms with Crippen molar-refractivity contribution in [3.05, 3.63) is 48.3 Å². The van der Waals surface area contributed by atoms with Crippen LogP contribution in [0.2, 0.25) is 0 Å². The molecule has 8 heteroatoms. The second-order valence-corrected chi connectivity index (χ2v) is 5.65. The number of benzene rings is 1. The van der Waals surface area contributed by atoms with E-state index in [1.807, 2.05) is 12.1 Å². The summed E-state index contributed by atoms with van der Waals surface area (Å²) in [5, 5.41) is 11.9. The molecule has 0 unspecified atom stereocenters. The number of carbonyl (C=O) groups is 1. The van der Waals surface area contributed by atoms with Gasteiger partial charge in [0.15, 0.2) is 0 Å². The van der Waals surface area contributed by atoms with Crippen molar-refractivity contribution in [3.8, 4) is 22.1 Å². The molecule has 1 aromatic carbocycles. The summed E-state index contributed by atoms with van der Waals surface area (Å²) < 4.78 is 10.4. The van der Waals surface area contributed by atoms with Crippen LogP contribution in [-0.4, -0.2) is 35.3 Å². The van der Waals surface area contributed by atoms with Crippen LogP contribution in [0, 0.1) is 0 Å². The predicted octanol–water partition coefficient (Wildman–Crippen LogP) is 2.87. The van der Waals surface area contributed by atoms with Gasteiger partial charge in [-0.3, -0.25) is 15.1 Å². The Labute approximate surface area is 142 Å². The van der Waals surface area contributed by atoms with Crippen molar-refractivity contribution in [1.29, 1.82) is 0 Å². The summed E-state index contributed by atoms with van der Waals surface area (Å²) in [6, 6.07) is 8.65. The van der Waals surface area contributed by atoms with Crippen molar-refractivity contribution >= 4 is 22.4 Å². The molecule has 0 radical (unpaired) electrons. The molecule has 0 bridgehead atoms. The molecule has 0 atom stereocenters. The highest BCUT2D eigenvalue weighted by Gasteiger charge is 2.16. The molecule has 0 saturated heterocycles. The topological polar surface area (TPSA) is 86.2 Å². The minimum Gasteiger partial charge on any atom is -0.497 e. The molecule has 24 heavy (non-hydrogen) atoms. The van der Waals surface area contributed by atoms with Gasteiger partial charge >= 0.3 is 0 Å². The van der Waals surface area contributed by atoms with Crippen molar-refractivity contribution in [2.75, 3.05) is 19.5 Å². The van der Waals surface area contributed by atoms with E-state index in [1.54, 1.807) is 37.7 Å². The highest BCUT2D eigenvalue weighted by Crippen LogP contribution is 2.28. The fraction of sp³-hybridized carbons (Fsp3) is 0.125. The van der Waals surface area contributed by atoms with Crippen LogP contribution in [-0.2, 0) is 0 Å². The number of pyridine rings is 1. The molecule has 122 valence electrons. The van der Waals surface area contributed by atoms with Crippen LogP contribution in [0.3, 0.4) is 0 Å². The van der Waals surface area contributed by atoms with Crippen LogP contribution >= 0.6 is 11.3 Å². The first-order valence-corrected chi connectivity index (χ1v) is 7.80. The molecule has 0 aliphatic rings. The van der Waals surface area contributed by atoms with Crippen molar-refractivity contribution in [1.82, 2.24) is 15.2 Å². The molecule has 1 amide bonds. The van der Waals surface area contributed by atoms with E-state index in [0.29, 0.717) is 27.2 Å². The number of aromatic nitrogens is 3. The van der Waals surface area contributed by atoms with Gasteiger partial charge < -0.3 is 9.47 Å². The highest BCUT2D eigenvalue weighted by molar-refractivity contribution is 7.18. The smallest absolute Gasteiger partial charge is 0.261 e. The van der Waals surface area contributed by atoms with E-state index in [2.05, 4.69) is 20.5 Å². The summed E-state index contributed by atoms with van der Waals surface area (Å²) in [4.78, 5) is 16.4. The summed E-state index contributed by atoms with van der Waals surface area (Å²) in [6.07, 6.45) is 3.36. The zero-order valence-corrected chi connectivity index (χ0v) is 13.8. The minimum atomic E-state index is -0.327. The second kappa shape index (κ2) is 7.05. The highest BCUT2D eigenvalue weighted by atomic mass is 32.1. The van der Waals surface area contributed by atoms with E-state index >= 15 is 0 Å². The van der Waals surface area contributed by atoms with Gasteiger partial charge in [-0.1, -0.05) is 11.3 Å². The van der Waals surface area contributed by atoms with Crippen LogP contribution in [0.25, 0.3) is 10.6 Å². The summed E-state index contributed by atoms with van der Waals surface area (Å²) in [5.74, 6) is 0.706. The summed E-state index contributed by atoms with van der Waals surface area (Å²) in [7, 11) is 3.05. The quantitative estimate of drug-likeness (QED) is 0.767. The number of nitrogens with one attached hydrogen (secondary N) is 1. The van der Waals surface area contributed by atoms with Gasteiger partial charge in [0.25, 0.3) is 5.91 Å². The Kier molecular flexibility index (Phi) is 4.66. The molecule has 0 saturated carbocycles. The number of carbonyl (C=O) groups excluding carboxylic acids is 1. The van der Waals surface area contributed by atoms with Gasteiger partial charge in [0.05, 0.1) is 19.8 Å². The first-order chi connectivity index (χ1) is 11.7. The van der Waals surface area contributed by atoms with Crippen molar-refractivity contribution in [2.45, 2.75) is 0 Å². The normalized spacial score (nSPS) is 10.2. The molecule has 0 fully saturated rings. The number of rotatable bonds is 5. The molecule has 1 N–H and O–H groups in total. The minimum absolute atomic E-state index is 0.327. The maximum atomic E-state index is 12.4. The molecular weight excluding hydrogens is 328 g/mol. The van der Waals surface area contributed by atoms with Gasteiger partial charge in [0.1, 0.15) is 16.5 Å². The number of anilines is 1. The lowest BCUT2D eigenvalue weighted by Gasteiger charge is -2.09. The number of hydrogen-bond acceptors (Lipinski definition) is 7. The lowest BCUT2D eigenvalue weighted by molar-refractivity contribution is 0.102. The van der Waals surface area contributed by atoms with Crippen LogP contribution in [0.1, 0.15) is 10.4 Å². The maximum Gasteiger partial charge on any atom is 0.261 e.